The van der Waals surface area contributed by atoms with Gasteiger partial charge in [0.05, 0.1) is 30.9 Å². The number of ether oxygens (including phenoxy) is 7. The summed E-state index contributed by atoms with van der Waals surface area (Å²) in [6.07, 6.45) is -1.98. The number of nitrogens with zero attached hydrogens (tertiary/aromatic N) is 4. The number of hydrogen-bond donors (Lipinski definition) is 9. The minimum Gasteiger partial charge on any atom is -0.493 e. The molecule has 36 nitrogen and oxygen atoms in total. The van der Waals surface area contributed by atoms with E-state index in [1.165, 1.54) is 129 Å². The lowest BCUT2D eigenvalue weighted by molar-refractivity contribution is -0.0597. The van der Waals surface area contributed by atoms with E-state index in [0.29, 0.717) is 16.0 Å². The predicted molar refractivity (Wildman–Crippen MR) is 339 cm³/mol. The Morgan fingerprint density at radius 2 is 0.950 bits per heavy atom. The molecule has 1 saturated carbocycles. The van der Waals surface area contributed by atoms with Gasteiger partial charge in [-0.05, 0) is 124 Å². The number of carbonyl (C=O) groups is 4. The largest absolute Gasteiger partial charge is 0.514 e. The van der Waals surface area contributed by atoms with Crippen LogP contribution >= 0.6 is 45.6 Å². The van der Waals surface area contributed by atoms with Gasteiger partial charge in [-0.25, -0.2) is 24.1 Å². The van der Waals surface area contributed by atoms with E-state index in [-0.39, 0.29) is 75.6 Å². The Labute approximate surface area is 567 Å². The Hall–Kier alpha value is -7.03. The first-order chi connectivity index (χ1) is 46.8. The standard InChI is InChI=1S/C20H23NO11P2.C19H20N2O11P2.C19H23NO10P2/c1-28-17-10-14(7-8-16(17)30-19(22)29-15-5-2-6-15)18-31-33(24,25)20(23,34(26,27)32-18)11-13-4-3-9-21-12-13;1-12-4-5-15(30-18(23)21-7-8-29-17(21)22)14(9-12)16-31-33(25,26)19(24,34(27,28)32-16)10-13-3-2-6-20-11-13;1-12(2)27-18(21)28-16-7-6-13(3)9-15(16)17-29-31(23,24)19(22,32(25,26)30-17)10-14-5-4-8-20-11-14/h3-4,7-10,12,15,18,23H,2,5-6,11H2,1H3,(H,24,25)(H,26,27);2-6,9,11,16,24H,7-8,10H2,1H3,(H,25,26)(H,27,28);4-9,11-12,17,22H,10H2,1-3H3,(H,23,24)(H,25,26). The maximum Gasteiger partial charge on any atom is 0.514 e. The Morgan fingerprint density at radius 1 is 0.550 bits per heavy atom. The van der Waals surface area contributed by atoms with Crippen LogP contribution in [0.4, 0.5) is 19.2 Å². The van der Waals surface area contributed by atoms with Gasteiger partial charge in [-0.1, -0.05) is 41.5 Å². The number of aliphatic hydroxyl groups is 3. The van der Waals surface area contributed by atoms with Gasteiger partial charge in [0.1, 0.15) is 24.2 Å². The molecule has 3 aromatic heterocycles. The minimum atomic E-state index is -5.25. The van der Waals surface area contributed by atoms with Crippen LogP contribution in [-0.4, -0.2) is 137 Å². The molecule has 42 heteroatoms. The second-order valence-corrected chi connectivity index (χ2v) is 35.9. The monoisotopic (exact) mass is 1520 g/mol. The molecule has 0 radical (unpaired) electrons. The number of hydrogen-bond acceptors (Lipinski definition) is 29. The average Bonchev–Trinajstić information content (AvgIpc) is 0.758. The fourth-order valence-corrected chi connectivity index (χ4v) is 20.4. The van der Waals surface area contributed by atoms with E-state index in [2.05, 4.69) is 19.7 Å². The zero-order valence-electron chi connectivity index (χ0n) is 53.1. The van der Waals surface area contributed by atoms with Gasteiger partial charge in [0.25, 0.3) is 15.2 Å². The fraction of sp³-hybridized carbons (Fsp3) is 0.362. The molecule has 9 N–H and O–H groups in total. The number of cyclic esters (lactones) is 1. The number of imide groups is 1. The van der Waals surface area contributed by atoms with Crippen molar-refractivity contribution in [3.63, 3.8) is 0 Å². The highest BCUT2D eigenvalue weighted by Crippen LogP contribution is 2.82. The average molecular weight is 1520 g/mol. The molecule has 4 saturated heterocycles. The van der Waals surface area contributed by atoms with Crippen molar-refractivity contribution >= 4 is 70.1 Å². The van der Waals surface area contributed by atoms with Crippen molar-refractivity contribution < 1.29 is 152 Å². The first-order valence-corrected chi connectivity index (χ1v) is 39.0. The molecule has 540 valence electrons. The molecule has 11 rings (SSSR count). The van der Waals surface area contributed by atoms with E-state index in [1.54, 1.807) is 33.8 Å². The molecule has 6 aromatic rings. The molecule has 6 unspecified atom stereocenters. The molecule has 5 aliphatic rings. The Bertz CT molecular complexity index is 4250. The summed E-state index contributed by atoms with van der Waals surface area (Å²) in [7, 11) is -29.9. The SMILES string of the molecule is COc1cc(C2OP(=O)(O)C(O)(Cc3cccnc3)P(=O)(O)O2)ccc1OC(=O)OC1CCC1.Cc1ccc(OC(=O)N2CCOC2=O)c(C2OP(=O)(O)C(O)(Cc3cccnc3)P(=O)(O)O2)c1.Cc1ccc(OC(=O)OC(C)C)c(C2OP(=O)(O)C(O)(Cc3cccnc3)P(=O)(O)O2)c1. The molecule has 100 heavy (non-hydrogen) atoms. The van der Waals surface area contributed by atoms with Crippen molar-refractivity contribution in [2.45, 2.75) is 113 Å². The van der Waals surface area contributed by atoms with Gasteiger partial charge in [-0.15, -0.1) is 0 Å². The molecule has 2 amide bonds. The van der Waals surface area contributed by atoms with Crippen LogP contribution in [0.5, 0.6) is 23.0 Å². The molecular weight excluding hydrogens is 1450 g/mol. The van der Waals surface area contributed by atoms with Crippen LogP contribution in [0.2, 0.25) is 0 Å². The van der Waals surface area contributed by atoms with Crippen molar-refractivity contribution in [3.8, 4) is 23.0 Å². The zero-order valence-corrected chi connectivity index (χ0v) is 58.4. The summed E-state index contributed by atoms with van der Waals surface area (Å²) < 4.78 is 144. The van der Waals surface area contributed by atoms with Crippen molar-refractivity contribution in [1.29, 1.82) is 0 Å². The molecule has 6 atom stereocenters. The van der Waals surface area contributed by atoms with Gasteiger partial charge in [0, 0.05) is 62.0 Å². The number of amides is 2. The quantitative estimate of drug-likeness (QED) is 0.0200. The molecule has 0 spiro atoms. The van der Waals surface area contributed by atoms with Crippen LogP contribution in [0.3, 0.4) is 0 Å². The lowest BCUT2D eigenvalue weighted by Crippen LogP contribution is -2.38. The highest BCUT2D eigenvalue weighted by molar-refractivity contribution is 7.74. The summed E-state index contributed by atoms with van der Waals surface area (Å²) in [5, 5.41) is 23.0. The third-order valence-electron chi connectivity index (χ3n) is 15.1. The van der Waals surface area contributed by atoms with Gasteiger partial charge in [0.15, 0.2) is 11.5 Å². The molecule has 5 fully saturated rings. The molecule has 4 aliphatic heterocycles. The summed E-state index contributed by atoms with van der Waals surface area (Å²) >= 11 is 0. The second kappa shape index (κ2) is 30.5. The van der Waals surface area contributed by atoms with E-state index in [9.17, 15) is 91.2 Å². The van der Waals surface area contributed by atoms with Crippen LogP contribution in [0.1, 0.15) is 96.5 Å². The third-order valence-corrected chi connectivity index (χ3v) is 28.9. The van der Waals surface area contributed by atoms with Gasteiger partial charge in [-0.3, -0.25) is 69.5 Å². The summed E-state index contributed by atoms with van der Waals surface area (Å²) in [4.78, 5) is 123. The van der Waals surface area contributed by atoms with Crippen molar-refractivity contribution in [3.05, 3.63) is 173 Å². The van der Waals surface area contributed by atoms with E-state index >= 15 is 0 Å². The number of methoxy groups -OCH3 is 1. The van der Waals surface area contributed by atoms with Crippen molar-refractivity contribution in [1.82, 2.24) is 19.9 Å². The Kier molecular flexibility index (Phi) is 23.5. The van der Waals surface area contributed by atoms with Crippen LogP contribution in [-0.2, 0) is 88.0 Å². The first-order valence-electron chi connectivity index (χ1n) is 29.6. The number of rotatable bonds is 15. The number of pyridine rings is 3. The van der Waals surface area contributed by atoms with E-state index in [1.807, 2.05) is 0 Å². The minimum absolute atomic E-state index is 0.00328. The number of aryl methyl sites for hydroxylation is 2. The van der Waals surface area contributed by atoms with Crippen LogP contribution < -0.4 is 18.9 Å². The molecule has 7 heterocycles. The van der Waals surface area contributed by atoms with Gasteiger partial charge >= 0.3 is 70.1 Å². The molecule has 0 bridgehead atoms. The fourth-order valence-electron chi connectivity index (χ4n) is 9.66. The summed E-state index contributed by atoms with van der Waals surface area (Å²) in [5.74, 6) is -0.451. The van der Waals surface area contributed by atoms with Crippen molar-refractivity contribution in [2.75, 3.05) is 20.3 Å². The van der Waals surface area contributed by atoms with Crippen LogP contribution in [0.15, 0.2) is 128 Å². The first kappa shape index (κ1) is 77.1. The van der Waals surface area contributed by atoms with Crippen LogP contribution in [0, 0.1) is 13.8 Å². The lowest BCUT2D eigenvalue weighted by atomic mass is 9.96. The predicted octanol–water partition coefficient (Wildman–Crippen LogP) is 9.73. The van der Waals surface area contributed by atoms with Gasteiger partial charge < -0.3 is 77.8 Å². The maximum absolute atomic E-state index is 13.0. The normalized spacial score (nSPS) is 30.9. The van der Waals surface area contributed by atoms with Crippen molar-refractivity contribution in [2.24, 2.45) is 0 Å². The number of carbonyl (C=O) groups excluding carboxylic acids is 4. The highest BCUT2D eigenvalue weighted by Gasteiger charge is 2.70. The van der Waals surface area contributed by atoms with Gasteiger partial charge in [-0.2, -0.15) is 0 Å². The molecular formula is C58H66N4O32P6. The Balaban J connectivity index is 0.000000175. The zero-order chi connectivity index (χ0) is 73.0. The highest BCUT2D eigenvalue weighted by atomic mass is 31.3. The van der Waals surface area contributed by atoms with E-state index in [4.69, 9.17) is 55.6 Å². The summed E-state index contributed by atoms with van der Waals surface area (Å²) in [6.45, 7) is 6.45. The lowest BCUT2D eigenvalue weighted by Gasteiger charge is -2.41. The second-order valence-electron chi connectivity index (χ2n) is 22.9. The number of benzene rings is 3. The summed E-state index contributed by atoms with van der Waals surface area (Å²) in [5.41, 5.74) is 1.47. The van der Waals surface area contributed by atoms with Gasteiger partial charge in [0.2, 0.25) is 18.9 Å². The summed E-state index contributed by atoms with van der Waals surface area (Å²) in [6, 6.07) is 21.0. The topological polar surface area (TPSA) is 515 Å². The Morgan fingerprint density at radius 3 is 1.31 bits per heavy atom. The molecule has 3 aromatic carbocycles. The van der Waals surface area contributed by atoms with E-state index in [0.717, 1.165) is 19.3 Å². The smallest absolute Gasteiger partial charge is 0.493 e. The number of aromatic nitrogens is 3. The van der Waals surface area contributed by atoms with Crippen LogP contribution in [0.25, 0.3) is 0 Å². The van der Waals surface area contributed by atoms with E-state index < -0.39 is 130 Å². The maximum atomic E-state index is 13.0. The molecule has 1 aliphatic carbocycles. The third kappa shape index (κ3) is 16.9.